The summed E-state index contributed by atoms with van der Waals surface area (Å²) < 4.78 is 7.15. The Morgan fingerprint density at radius 1 is 1.29 bits per heavy atom. The van der Waals surface area contributed by atoms with E-state index in [1.165, 1.54) is 4.57 Å². The van der Waals surface area contributed by atoms with Crippen molar-refractivity contribution in [2.45, 2.75) is 32.9 Å². The smallest absolute Gasteiger partial charge is 0.262 e. The quantitative estimate of drug-likeness (QED) is 0.623. The van der Waals surface area contributed by atoms with Crippen LogP contribution in [0, 0.1) is 4.77 Å². The Bertz CT molecular complexity index is 1130. The second-order valence-electron chi connectivity index (χ2n) is 6.68. The first-order chi connectivity index (χ1) is 13.4. The second-order valence-corrected chi connectivity index (χ2v) is 7.06. The number of aromatic amines is 1. The predicted octanol–water partition coefficient (Wildman–Crippen LogP) is 3.64. The van der Waals surface area contributed by atoms with Gasteiger partial charge in [-0.15, -0.1) is 0 Å². The third-order valence-electron chi connectivity index (χ3n) is 4.75. The van der Waals surface area contributed by atoms with Crippen LogP contribution in [0.15, 0.2) is 47.3 Å². The highest BCUT2D eigenvalue weighted by molar-refractivity contribution is 7.71. The molecule has 3 aromatic rings. The molecule has 0 bridgehead atoms. The van der Waals surface area contributed by atoms with Gasteiger partial charge in [-0.1, -0.05) is 25.1 Å². The normalized spacial score (nSPS) is 12.0. The molecule has 0 saturated carbocycles. The van der Waals surface area contributed by atoms with E-state index in [1.54, 1.807) is 25.3 Å². The molecule has 2 N–H and O–H groups in total. The summed E-state index contributed by atoms with van der Waals surface area (Å²) in [5, 5.41) is 3.40. The number of hydrogen-bond acceptors (Lipinski definition) is 4. The van der Waals surface area contributed by atoms with Crippen LogP contribution in [0.2, 0.25) is 0 Å². The molecule has 0 fully saturated rings. The van der Waals surface area contributed by atoms with Gasteiger partial charge in [0.15, 0.2) is 4.77 Å². The number of rotatable bonds is 6. The largest absolute Gasteiger partial charge is 0.496 e. The number of benzene rings is 2. The molecule has 0 radical (unpaired) electrons. The summed E-state index contributed by atoms with van der Waals surface area (Å²) in [5.41, 5.74) is 1.68. The lowest BCUT2D eigenvalue weighted by Gasteiger charge is -2.13. The standard InChI is InChI=1S/C21H23N3O3S/c1-4-13(2)22-19(25)14-9-10-16-17(11-14)23-21(28)24(20(16)26)12-15-7-5-6-8-18(15)27-3/h5-11,13H,4,12H2,1-3H3,(H,22,25)(H,23,28)/t13-/m0/s1. The predicted molar refractivity (Wildman–Crippen MR) is 113 cm³/mol. The molecule has 0 aliphatic rings. The third-order valence-corrected chi connectivity index (χ3v) is 5.08. The van der Waals surface area contributed by atoms with Gasteiger partial charge in [-0.05, 0) is 49.8 Å². The van der Waals surface area contributed by atoms with Crippen LogP contribution in [0.3, 0.4) is 0 Å². The van der Waals surface area contributed by atoms with Crippen LogP contribution < -0.4 is 15.6 Å². The van der Waals surface area contributed by atoms with E-state index in [4.69, 9.17) is 17.0 Å². The van der Waals surface area contributed by atoms with E-state index in [1.807, 2.05) is 38.1 Å². The van der Waals surface area contributed by atoms with Crippen molar-refractivity contribution in [2.75, 3.05) is 7.11 Å². The van der Waals surface area contributed by atoms with E-state index >= 15 is 0 Å². The molecular weight excluding hydrogens is 374 g/mol. The minimum Gasteiger partial charge on any atom is -0.496 e. The number of para-hydroxylation sites is 1. The van der Waals surface area contributed by atoms with Gasteiger partial charge in [0.25, 0.3) is 11.5 Å². The maximum absolute atomic E-state index is 13.0. The SMILES string of the molecule is CC[C@H](C)NC(=O)c1ccc2c(=O)n(Cc3ccccc3OC)c(=S)[nH]c2c1. The number of amides is 1. The first-order valence-electron chi connectivity index (χ1n) is 9.14. The summed E-state index contributed by atoms with van der Waals surface area (Å²) in [6, 6.07) is 12.6. The molecule has 0 unspecified atom stereocenters. The Kier molecular flexibility index (Phi) is 5.94. The molecule has 28 heavy (non-hydrogen) atoms. The topological polar surface area (TPSA) is 76.1 Å². The Balaban J connectivity index is 2.02. The van der Waals surface area contributed by atoms with Crippen molar-refractivity contribution in [1.82, 2.24) is 14.9 Å². The maximum Gasteiger partial charge on any atom is 0.262 e. The van der Waals surface area contributed by atoms with Crippen LogP contribution in [0.1, 0.15) is 36.2 Å². The molecule has 0 spiro atoms. The number of carbonyl (C=O) groups excluding carboxylic acids is 1. The number of hydrogen-bond donors (Lipinski definition) is 2. The fourth-order valence-electron chi connectivity index (χ4n) is 2.95. The maximum atomic E-state index is 13.0. The Labute approximate surface area is 168 Å². The van der Waals surface area contributed by atoms with E-state index in [-0.39, 0.29) is 17.5 Å². The highest BCUT2D eigenvalue weighted by Crippen LogP contribution is 2.19. The first-order valence-corrected chi connectivity index (χ1v) is 9.55. The van der Waals surface area contributed by atoms with Crippen LogP contribution in [0.25, 0.3) is 10.9 Å². The van der Waals surface area contributed by atoms with Crippen molar-refractivity contribution in [1.29, 1.82) is 0 Å². The van der Waals surface area contributed by atoms with E-state index in [9.17, 15) is 9.59 Å². The van der Waals surface area contributed by atoms with Crippen LogP contribution in [0.5, 0.6) is 5.75 Å². The van der Waals surface area contributed by atoms with E-state index in [0.717, 1.165) is 12.0 Å². The molecule has 1 amide bonds. The van der Waals surface area contributed by atoms with Crippen LogP contribution >= 0.6 is 12.2 Å². The molecule has 1 aromatic heterocycles. The average Bonchev–Trinajstić information content (AvgIpc) is 2.70. The molecule has 2 aromatic carbocycles. The zero-order valence-corrected chi connectivity index (χ0v) is 16.9. The molecule has 3 rings (SSSR count). The fraction of sp³-hybridized carbons (Fsp3) is 0.286. The zero-order chi connectivity index (χ0) is 20.3. The van der Waals surface area contributed by atoms with Gasteiger partial charge in [0.05, 0.1) is 24.6 Å². The Morgan fingerprint density at radius 3 is 2.75 bits per heavy atom. The monoisotopic (exact) mass is 397 g/mol. The lowest BCUT2D eigenvalue weighted by Crippen LogP contribution is -2.32. The molecule has 0 saturated heterocycles. The minimum absolute atomic E-state index is 0.0792. The molecule has 1 atom stereocenters. The van der Waals surface area contributed by atoms with Crippen LogP contribution in [-0.4, -0.2) is 28.6 Å². The summed E-state index contributed by atoms with van der Waals surface area (Å²) in [7, 11) is 1.59. The van der Waals surface area contributed by atoms with Gasteiger partial charge in [-0.3, -0.25) is 14.2 Å². The van der Waals surface area contributed by atoms with Gasteiger partial charge in [-0.25, -0.2) is 0 Å². The van der Waals surface area contributed by atoms with E-state index in [0.29, 0.717) is 33.5 Å². The van der Waals surface area contributed by atoms with Crippen molar-refractivity contribution in [3.05, 3.63) is 68.7 Å². The molecule has 0 aliphatic carbocycles. The highest BCUT2D eigenvalue weighted by atomic mass is 32.1. The van der Waals surface area contributed by atoms with Gasteiger partial charge in [-0.2, -0.15) is 0 Å². The Hall–Kier alpha value is -2.93. The zero-order valence-electron chi connectivity index (χ0n) is 16.1. The highest BCUT2D eigenvalue weighted by Gasteiger charge is 2.13. The molecule has 0 aliphatic heterocycles. The average molecular weight is 398 g/mol. The number of ether oxygens (including phenoxy) is 1. The molecule has 7 heteroatoms. The summed E-state index contributed by atoms with van der Waals surface area (Å²) in [6.07, 6.45) is 0.843. The van der Waals surface area contributed by atoms with E-state index < -0.39 is 0 Å². The molecule has 6 nitrogen and oxygen atoms in total. The van der Waals surface area contributed by atoms with Gasteiger partial charge >= 0.3 is 0 Å². The number of nitrogens with zero attached hydrogens (tertiary/aromatic N) is 1. The third kappa shape index (κ3) is 3.99. The fourth-order valence-corrected chi connectivity index (χ4v) is 3.21. The molecule has 146 valence electrons. The van der Waals surface area contributed by atoms with Gasteiger partial charge in [0.1, 0.15) is 5.75 Å². The summed E-state index contributed by atoms with van der Waals surface area (Å²) in [5.74, 6) is 0.523. The van der Waals surface area contributed by atoms with E-state index in [2.05, 4.69) is 10.3 Å². The minimum atomic E-state index is -0.210. The number of nitrogens with one attached hydrogen (secondary N) is 2. The van der Waals surface area contributed by atoms with Gasteiger partial charge in [0, 0.05) is 17.2 Å². The van der Waals surface area contributed by atoms with Crippen molar-refractivity contribution < 1.29 is 9.53 Å². The van der Waals surface area contributed by atoms with Gasteiger partial charge in [0.2, 0.25) is 0 Å². The summed E-state index contributed by atoms with van der Waals surface area (Å²) in [4.78, 5) is 28.4. The first kappa shape index (κ1) is 19.8. The van der Waals surface area contributed by atoms with Crippen molar-refractivity contribution in [3.63, 3.8) is 0 Å². The number of aromatic nitrogens is 2. The lowest BCUT2D eigenvalue weighted by atomic mass is 10.1. The summed E-state index contributed by atoms with van der Waals surface area (Å²) >= 11 is 5.41. The molecule has 1 heterocycles. The second kappa shape index (κ2) is 8.39. The van der Waals surface area contributed by atoms with Crippen LogP contribution in [0.4, 0.5) is 0 Å². The van der Waals surface area contributed by atoms with Crippen molar-refractivity contribution in [2.24, 2.45) is 0 Å². The van der Waals surface area contributed by atoms with Crippen molar-refractivity contribution in [3.8, 4) is 5.75 Å². The number of carbonyl (C=O) groups is 1. The number of fused-ring (bicyclic) bond motifs is 1. The number of H-pyrrole nitrogens is 1. The lowest BCUT2D eigenvalue weighted by molar-refractivity contribution is 0.0939. The van der Waals surface area contributed by atoms with Crippen LogP contribution in [-0.2, 0) is 6.54 Å². The Morgan fingerprint density at radius 2 is 2.04 bits per heavy atom. The number of methoxy groups -OCH3 is 1. The van der Waals surface area contributed by atoms with Gasteiger partial charge < -0.3 is 15.0 Å². The van der Waals surface area contributed by atoms with Crippen molar-refractivity contribution >= 4 is 29.0 Å². The molecular formula is C21H23N3O3S. The summed E-state index contributed by atoms with van der Waals surface area (Å²) in [6.45, 7) is 4.25.